The zero-order valence-corrected chi connectivity index (χ0v) is 26.1. The third kappa shape index (κ3) is 6.61. The minimum Gasteiger partial charge on any atom is -0.493 e. The minimum absolute atomic E-state index is 0.123. The molecule has 6 rings (SSSR count). The van der Waals surface area contributed by atoms with Gasteiger partial charge in [0.1, 0.15) is 12.4 Å². The fourth-order valence-electron chi connectivity index (χ4n) is 5.29. The number of carbonyl (C=O) groups excluding carboxylic acids is 1. The molecule has 11 heteroatoms. The molecule has 0 saturated carbocycles. The number of aromatic nitrogens is 1. The lowest BCUT2D eigenvalue weighted by atomic mass is 9.95. The van der Waals surface area contributed by atoms with E-state index in [0.29, 0.717) is 48.9 Å². The van der Waals surface area contributed by atoms with Gasteiger partial charge in [-0.2, -0.15) is 0 Å². The van der Waals surface area contributed by atoms with Gasteiger partial charge in [0.05, 0.1) is 34.5 Å². The Kier molecular flexibility index (Phi) is 8.81. The number of benzene rings is 4. The number of nitrogens with one attached hydrogen (secondary N) is 1. The second kappa shape index (κ2) is 13.3. The van der Waals surface area contributed by atoms with E-state index < -0.39 is 23.7 Å². The Bertz CT molecular complexity index is 2210. The molecule has 0 radical (unpaired) electrons. The van der Waals surface area contributed by atoms with E-state index in [9.17, 15) is 23.9 Å². The maximum absolute atomic E-state index is 14.0. The number of rotatable bonds is 9. The Balaban J connectivity index is 1.35. The highest BCUT2D eigenvalue weighted by Gasteiger charge is 2.32. The fourth-order valence-corrected chi connectivity index (χ4v) is 6.34. The van der Waals surface area contributed by atoms with Crippen LogP contribution in [0.1, 0.15) is 40.0 Å². The maximum Gasteiger partial charge on any atom is 0.335 e. The highest BCUT2D eigenvalue weighted by atomic mass is 32.1. The van der Waals surface area contributed by atoms with Gasteiger partial charge in [0.2, 0.25) is 0 Å². The number of para-hydroxylation sites is 1. The van der Waals surface area contributed by atoms with Crippen LogP contribution in [0.15, 0.2) is 118 Å². The Labute approximate surface area is 272 Å². The molecule has 1 aliphatic heterocycles. The maximum atomic E-state index is 14.0. The number of allylic oxidation sites excluding steroid dienone is 1. The monoisotopic (exact) mass is 649 g/mol. The number of anilines is 1. The molecule has 0 unspecified atom stereocenters. The van der Waals surface area contributed by atoms with Crippen molar-refractivity contribution in [3.05, 3.63) is 156 Å². The number of halogens is 1. The van der Waals surface area contributed by atoms with Crippen molar-refractivity contribution in [1.82, 2.24) is 4.57 Å². The molecule has 0 bridgehead atoms. The van der Waals surface area contributed by atoms with E-state index >= 15 is 0 Å². The molecule has 1 amide bonds. The third-order valence-electron chi connectivity index (χ3n) is 7.54. The molecule has 0 aliphatic carbocycles. The van der Waals surface area contributed by atoms with Gasteiger partial charge in [-0.15, -0.1) is 0 Å². The van der Waals surface area contributed by atoms with Crippen LogP contribution in [0.25, 0.3) is 6.08 Å². The van der Waals surface area contributed by atoms with Crippen molar-refractivity contribution in [2.45, 2.75) is 19.6 Å². The van der Waals surface area contributed by atoms with Gasteiger partial charge in [0.15, 0.2) is 16.3 Å². The lowest BCUT2D eigenvalue weighted by Gasteiger charge is -2.25. The summed E-state index contributed by atoms with van der Waals surface area (Å²) in [6.45, 7) is 1.84. The van der Waals surface area contributed by atoms with Crippen molar-refractivity contribution in [2.75, 3.05) is 12.4 Å². The highest BCUT2D eigenvalue weighted by Crippen LogP contribution is 2.32. The molecule has 1 aromatic heterocycles. The molecule has 0 fully saturated rings. The third-order valence-corrected chi connectivity index (χ3v) is 8.52. The zero-order chi connectivity index (χ0) is 33.1. The molecule has 1 atom stereocenters. The Morgan fingerprint density at radius 2 is 1.77 bits per heavy atom. The summed E-state index contributed by atoms with van der Waals surface area (Å²) >= 11 is 1.18. The van der Waals surface area contributed by atoms with Crippen LogP contribution < -0.4 is 29.7 Å². The lowest BCUT2D eigenvalue weighted by molar-refractivity contribution is -0.113. The summed E-state index contributed by atoms with van der Waals surface area (Å²) in [6.07, 6.45) is 1.71. The van der Waals surface area contributed by atoms with Gasteiger partial charge in [-0.05, 0) is 78.2 Å². The first kappa shape index (κ1) is 31.2. The van der Waals surface area contributed by atoms with Crippen molar-refractivity contribution < 1.29 is 28.6 Å². The quantitative estimate of drug-likeness (QED) is 0.224. The number of aromatic carboxylic acids is 1. The van der Waals surface area contributed by atoms with Gasteiger partial charge >= 0.3 is 5.97 Å². The number of nitrogens with zero attached hydrogens (tertiary/aromatic N) is 2. The minimum atomic E-state index is -1.02. The second-order valence-corrected chi connectivity index (χ2v) is 11.7. The van der Waals surface area contributed by atoms with Crippen LogP contribution in [-0.4, -0.2) is 28.7 Å². The summed E-state index contributed by atoms with van der Waals surface area (Å²) in [5, 5.41) is 12.2. The molecular weight excluding hydrogens is 621 g/mol. The molecule has 47 heavy (non-hydrogen) atoms. The molecule has 1 aliphatic rings. The first-order chi connectivity index (χ1) is 22.7. The summed E-state index contributed by atoms with van der Waals surface area (Å²) in [5.74, 6) is -1.03. The Morgan fingerprint density at radius 3 is 2.49 bits per heavy atom. The number of thiazole rings is 1. The van der Waals surface area contributed by atoms with Crippen LogP contribution in [0, 0.1) is 5.82 Å². The summed E-state index contributed by atoms with van der Waals surface area (Å²) in [5.41, 5.74) is 3.00. The van der Waals surface area contributed by atoms with Crippen molar-refractivity contribution in [2.24, 2.45) is 4.99 Å². The lowest BCUT2D eigenvalue weighted by Crippen LogP contribution is -2.40. The number of carboxylic acid groups (broad SMARTS) is 1. The number of amides is 1. The molecule has 4 aromatic carbocycles. The summed E-state index contributed by atoms with van der Waals surface area (Å²) in [7, 11) is 1.50. The largest absolute Gasteiger partial charge is 0.493 e. The van der Waals surface area contributed by atoms with E-state index in [1.54, 1.807) is 85.8 Å². The van der Waals surface area contributed by atoms with E-state index in [4.69, 9.17) is 9.47 Å². The van der Waals surface area contributed by atoms with Crippen molar-refractivity contribution in [3.8, 4) is 11.5 Å². The molecule has 5 aromatic rings. The Hall–Kier alpha value is -5.81. The number of hydrogen-bond donors (Lipinski definition) is 2. The average Bonchev–Trinajstić information content (AvgIpc) is 3.37. The van der Waals surface area contributed by atoms with Gasteiger partial charge in [-0.25, -0.2) is 14.2 Å². The van der Waals surface area contributed by atoms with E-state index in [2.05, 4.69) is 10.3 Å². The van der Waals surface area contributed by atoms with E-state index in [0.717, 1.165) is 0 Å². The number of ether oxygens (including phenoxy) is 2. The zero-order valence-electron chi connectivity index (χ0n) is 25.3. The predicted octanol–water partition coefficient (Wildman–Crippen LogP) is 5.30. The Morgan fingerprint density at radius 1 is 1.00 bits per heavy atom. The fraction of sp³-hybridized carbons (Fsp3) is 0.111. The van der Waals surface area contributed by atoms with Crippen molar-refractivity contribution in [3.63, 3.8) is 0 Å². The van der Waals surface area contributed by atoms with Crippen LogP contribution in [0.2, 0.25) is 0 Å². The highest BCUT2D eigenvalue weighted by molar-refractivity contribution is 7.07. The van der Waals surface area contributed by atoms with E-state index in [-0.39, 0.29) is 23.3 Å². The summed E-state index contributed by atoms with van der Waals surface area (Å²) in [4.78, 5) is 44.0. The van der Waals surface area contributed by atoms with Crippen molar-refractivity contribution in [1.29, 1.82) is 0 Å². The molecular formula is C36H28FN3O6S. The number of hydrogen-bond acceptors (Lipinski definition) is 7. The van der Waals surface area contributed by atoms with Gasteiger partial charge in [0, 0.05) is 5.69 Å². The SMILES string of the molecule is COc1cc(/C=c2\sc3n(c2=O)[C@H](c2ccc(F)cc2)C(C(=O)Nc2ccccc2)=C(C)N=3)ccc1OCc1cccc(C(=O)O)c1. The van der Waals surface area contributed by atoms with Gasteiger partial charge in [-0.1, -0.05) is 59.9 Å². The average molecular weight is 650 g/mol. The van der Waals surface area contributed by atoms with Gasteiger partial charge in [0.25, 0.3) is 11.5 Å². The molecule has 236 valence electrons. The first-order valence-corrected chi connectivity index (χ1v) is 15.3. The number of methoxy groups -OCH3 is 1. The van der Waals surface area contributed by atoms with Gasteiger partial charge < -0.3 is 19.9 Å². The molecule has 0 saturated heterocycles. The number of fused-ring (bicyclic) bond motifs is 1. The molecule has 2 N–H and O–H groups in total. The molecule has 9 nitrogen and oxygen atoms in total. The van der Waals surface area contributed by atoms with E-state index in [1.807, 2.05) is 6.07 Å². The van der Waals surface area contributed by atoms with Gasteiger partial charge in [-0.3, -0.25) is 14.2 Å². The number of carboxylic acids is 1. The van der Waals surface area contributed by atoms with Crippen LogP contribution in [0.5, 0.6) is 11.5 Å². The van der Waals surface area contributed by atoms with Crippen LogP contribution in [0.3, 0.4) is 0 Å². The predicted molar refractivity (Wildman–Crippen MR) is 176 cm³/mol. The summed E-state index contributed by atoms with van der Waals surface area (Å²) < 4.78 is 27.3. The first-order valence-electron chi connectivity index (χ1n) is 14.5. The van der Waals surface area contributed by atoms with E-state index in [1.165, 1.54) is 41.2 Å². The topological polar surface area (TPSA) is 119 Å². The van der Waals surface area contributed by atoms with Crippen LogP contribution in [0.4, 0.5) is 10.1 Å². The standard InChI is InChI=1S/C36H28FN3O6S/c1-21-31(33(41)39-27-9-4-3-5-10-27)32(24-12-14-26(37)15-13-24)40-34(42)30(47-36(40)38-21)19-22-11-16-28(29(18-22)45-2)46-20-23-7-6-8-25(17-23)35(43)44/h3-19,32H,20H2,1-2H3,(H,39,41)(H,43,44)/b30-19-/t32-/m1/s1. The second-order valence-electron chi connectivity index (χ2n) is 10.7. The van der Waals surface area contributed by atoms with Crippen LogP contribution >= 0.6 is 11.3 Å². The normalized spacial score (nSPS) is 14.3. The van der Waals surface area contributed by atoms with Crippen molar-refractivity contribution >= 4 is 35.0 Å². The number of carbonyl (C=O) groups is 2. The molecule has 0 spiro atoms. The smallest absolute Gasteiger partial charge is 0.335 e. The van der Waals surface area contributed by atoms with Crippen LogP contribution in [-0.2, 0) is 11.4 Å². The summed E-state index contributed by atoms with van der Waals surface area (Å²) in [6, 6.07) is 25.5. The molecule has 2 heterocycles.